The molecule has 0 radical (unpaired) electrons. The van der Waals surface area contributed by atoms with Crippen molar-refractivity contribution < 1.29 is 4.79 Å². The van der Waals surface area contributed by atoms with Crippen LogP contribution in [0.3, 0.4) is 0 Å². The normalized spacial score (nSPS) is 12.3. The van der Waals surface area contributed by atoms with Gasteiger partial charge in [0.25, 0.3) is 5.56 Å². The highest BCUT2D eigenvalue weighted by Gasteiger charge is 2.12. The fraction of sp³-hybridized carbons (Fsp3) is 0.643. The quantitative estimate of drug-likeness (QED) is 0.745. The summed E-state index contributed by atoms with van der Waals surface area (Å²) in [7, 11) is 0. The number of rotatable bonds is 6. The van der Waals surface area contributed by atoms with Crippen LogP contribution >= 0.6 is 0 Å². The van der Waals surface area contributed by atoms with Crippen molar-refractivity contribution in [3.05, 3.63) is 16.0 Å². The lowest BCUT2D eigenvalue weighted by molar-refractivity contribution is -0.118. The number of carbonyl (C=O) groups excluding carboxylic acids is 1. The molecule has 0 aromatic carbocycles. The monoisotopic (exact) mass is 280 g/mol. The molecule has 0 aliphatic carbocycles. The first-order valence-corrected chi connectivity index (χ1v) is 7.00. The fourth-order valence-electron chi connectivity index (χ4n) is 1.53. The molecule has 1 rings (SSSR count). The molecular formula is C14H24N4O2. The van der Waals surface area contributed by atoms with Gasteiger partial charge in [0.05, 0.1) is 5.69 Å². The molecule has 112 valence electrons. The van der Waals surface area contributed by atoms with Crippen molar-refractivity contribution in [2.75, 3.05) is 17.2 Å². The van der Waals surface area contributed by atoms with Gasteiger partial charge < -0.3 is 5.32 Å². The van der Waals surface area contributed by atoms with Crippen molar-refractivity contribution >= 4 is 17.5 Å². The molecule has 0 aliphatic rings. The molecule has 1 atom stereocenters. The van der Waals surface area contributed by atoms with E-state index in [4.69, 9.17) is 0 Å². The maximum Gasteiger partial charge on any atom is 0.275 e. The third kappa shape index (κ3) is 4.36. The topological polar surface area (TPSA) is 86.9 Å². The lowest BCUT2D eigenvalue weighted by Gasteiger charge is -2.13. The predicted molar refractivity (Wildman–Crippen MR) is 81.0 cm³/mol. The summed E-state index contributed by atoms with van der Waals surface area (Å²) < 4.78 is 0. The van der Waals surface area contributed by atoms with Gasteiger partial charge in [-0.1, -0.05) is 34.1 Å². The van der Waals surface area contributed by atoms with E-state index in [0.29, 0.717) is 17.3 Å². The smallest absolute Gasteiger partial charge is 0.275 e. The van der Waals surface area contributed by atoms with Gasteiger partial charge in [-0.25, -0.2) is 4.98 Å². The number of nitrogens with zero attached hydrogens (tertiary/aromatic N) is 1. The number of hydrogen-bond acceptors (Lipinski definition) is 4. The van der Waals surface area contributed by atoms with Crippen molar-refractivity contribution in [2.45, 2.75) is 41.0 Å². The van der Waals surface area contributed by atoms with E-state index in [1.54, 1.807) is 20.8 Å². The van der Waals surface area contributed by atoms with Gasteiger partial charge >= 0.3 is 0 Å². The predicted octanol–water partition coefficient (Wildman–Crippen LogP) is 2.13. The summed E-state index contributed by atoms with van der Waals surface area (Å²) in [5.74, 6) is 0.339. The zero-order chi connectivity index (χ0) is 15.3. The van der Waals surface area contributed by atoms with E-state index >= 15 is 0 Å². The number of carbonyl (C=O) groups is 1. The number of hydrogen-bond donors (Lipinski definition) is 3. The minimum Gasteiger partial charge on any atom is -0.379 e. The van der Waals surface area contributed by atoms with Crippen molar-refractivity contribution in [1.29, 1.82) is 0 Å². The summed E-state index contributed by atoms with van der Waals surface area (Å²) in [4.78, 5) is 30.4. The molecular weight excluding hydrogens is 256 g/mol. The Kier molecular flexibility index (Phi) is 5.73. The van der Waals surface area contributed by atoms with E-state index in [-0.39, 0.29) is 23.3 Å². The first-order valence-electron chi connectivity index (χ1n) is 7.00. The van der Waals surface area contributed by atoms with E-state index in [0.717, 1.165) is 13.0 Å². The van der Waals surface area contributed by atoms with Gasteiger partial charge in [0.2, 0.25) is 11.9 Å². The molecule has 6 nitrogen and oxygen atoms in total. The van der Waals surface area contributed by atoms with Gasteiger partial charge in [0, 0.05) is 12.5 Å². The number of aromatic nitrogens is 2. The van der Waals surface area contributed by atoms with Crippen LogP contribution in [0.4, 0.5) is 11.6 Å². The molecule has 1 heterocycles. The molecule has 0 fully saturated rings. The van der Waals surface area contributed by atoms with Gasteiger partial charge in [-0.15, -0.1) is 0 Å². The van der Waals surface area contributed by atoms with Crippen LogP contribution in [0.15, 0.2) is 4.79 Å². The second-order valence-electron chi connectivity index (χ2n) is 5.41. The number of anilines is 2. The maximum atomic E-state index is 12.0. The summed E-state index contributed by atoms with van der Waals surface area (Å²) in [6, 6.07) is 0. The molecule has 1 aromatic heterocycles. The van der Waals surface area contributed by atoms with Crippen LogP contribution in [0.1, 0.15) is 39.8 Å². The summed E-state index contributed by atoms with van der Waals surface area (Å²) in [6.45, 7) is 10.2. The van der Waals surface area contributed by atoms with Crippen LogP contribution in [0.5, 0.6) is 0 Å². The van der Waals surface area contributed by atoms with Gasteiger partial charge in [-0.3, -0.25) is 19.9 Å². The average Bonchev–Trinajstić information content (AvgIpc) is 2.37. The molecule has 1 amide bonds. The van der Waals surface area contributed by atoms with Crippen molar-refractivity contribution in [3.63, 3.8) is 0 Å². The molecule has 1 unspecified atom stereocenters. The first kappa shape index (κ1) is 16.2. The van der Waals surface area contributed by atoms with Gasteiger partial charge in [-0.05, 0) is 12.8 Å². The van der Waals surface area contributed by atoms with Crippen LogP contribution in [0.2, 0.25) is 0 Å². The number of H-pyrrole nitrogens is 1. The Morgan fingerprint density at radius 3 is 2.50 bits per heavy atom. The number of nitrogens with one attached hydrogen (secondary N) is 3. The van der Waals surface area contributed by atoms with Crippen LogP contribution in [0, 0.1) is 18.8 Å². The average molecular weight is 280 g/mol. The standard InChI is InChI=1S/C14H24N4O2/c1-6-9(4)7-15-11-10(5)16-14(18-13(11)20)17-12(19)8(2)3/h8-9,15H,6-7H2,1-5H3,(H2,16,17,18,19,20). The number of aromatic amines is 1. The zero-order valence-corrected chi connectivity index (χ0v) is 12.8. The van der Waals surface area contributed by atoms with Crippen molar-refractivity contribution in [2.24, 2.45) is 11.8 Å². The molecule has 0 saturated carbocycles. The molecule has 20 heavy (non-hydrogen) atoms. The summed E-state index contributed by atoms with van der Waals surface area (Å²) in [5, 5.41) is 5.71. The molecule has 3 N–H and O–H groups in total. The molecule has 0 bridgehead atoms. The fourth-order valence-corrected chi connectivity index (χ4v) is 1.53. The van der Waals surface area contributed by atoms with Gasteiger partial charge in [0.1, 0.15) is 5.69 Å². The largest absolute Gasteiger partial charge is 0.379 e. The summed E-state index contributed by atoms with van der Waals surface area (Å²) in [6.07, 6.45) is 1.04. The second kappa shape index (κ2) is 7.07. The Morgan fingerprint density at radius 2 is 2.00 bits per heavy atom. The highest BCUT2D eigenvalue weighted by Crippen LogP contribution is 2.10. The van der Waals surface area contributed by atoms with E-state index in [9.17, 15) is 9.59 Å². The second-order valence-corrected chi connectivity index (χ2v) is 5.41. The van der Waals surface area contributed by atoms with E-state index in [1.807, 2.05) is 0 Å². The Morgan fingerprint density at radius 1 is 1.35 bits per heavy atom. The van der Waals surface area contributed by atoms with Crippen LogP contribution < -0.4 is 16.2 Å². The van der Waals surface area contributed by atoms with Gasteiger partial charge in [0.15, 0.2) is 0 Å². The minimum atomic E-state index is -0.264. The molecule has 0 aliphatic heterocycles. The number of aryl methyl sites for hydroxylation is 1. The van der Waals surface area contributed by atoms with Crippen molar-refractivity contribution in [3.8, 4) is 0 Å². The van der Waals surface area contributed by atoms with Crippen LogP contribution in [-0.4, -0.2) is 22.4 Å². The number of amides is 1. The molecule has 0 spiro atoms. The van der Waals surface area contributed by atoms with E-state index in [2.05, 4.69) is 34.4 Å². The highest BCUT2D eigenvalue weighted by atomic mass is 16.2. The maximum absolute atomic E-state index is 12.0. The Hall–Kier alpha value is -1.85. The minimum absolute atomic E-state index is 0.163. The van der Waals surface area contributed by atoms with Crippen LogP contribution in [0.25, 0.3) is 0 Å². The molecule has 0 saturated heterocycles. The lowest BCUT2D eigenvalue weighted by Crippen LogP contribution is -2.25. The van der Waals surface area contributed by atoms with Crippen LogP contribution in [-0.2, 0) is 4.79 Å². The first-order chi connectivity index (χ1) is 9.35. The Balaban J connectivity index is 2.86. The van der Waals surface area contributed by atoms with E-state index in [1.165, 1.54) is 0 Å². The SMILES string of the molecule is CCC(C)CNc1c(C)nc(NC(=O)C(C)C)[nH]c1=O. The lowest BCUT2D eigenvalue weighted by atomic mass is 10.1. The van der Waals surface area contributed by atoms with Crippen molar-refractivity contribution in [1.82, 2.24) is 9.97 Å². The van der Waals surface area contributed by atoms with E-state index < -0.39 is 0 Å². The molecule has 1 aromatic rings. The Bertz CT molecular complexity index is 522. The third-order valence-corrected chi connectivity index (χ3v) is 3.19. The zero-order valence-electron chi connectivity index (χ0n) is 12.8. The van der Waals surface area contributed by atoms with Gasteiger partial charge in [-0.2, -0.15) is 0 Å². The summed E-state index contributed by atoms with van der Waals surface area (Å²) in [5.41, 5.74) is 0.781. The molecule has 6 heteroatoms. The Labute approximate surface area is 119 Å². The third-order valence-electron chi connectivity index (χ3n) is 3.19. The summed E-state index contributed by atoms with van der Waals surface area (Å²) >= 11 is 0. The highest BCUT2D eigenvalue weighted by molar-refractivity contribution is 5.90.